The number of hydrogen-bond donors (Lipinski definition) is 3. The molecule has 0 amide bonds. The minimum atomic E-state index is -5.08. The second-order valence-electron chi connectivity index (χ2n) is 6.32. The predicted octanol–water partition coefficient (Wildman–Crippen LogP) is 4.60. The smallest absolute Gasteiger partial charge is 0.507 e. The van der Waals surface area contributed by atoms with Gasteiger partial charge in [-0.15, -0.1) is 13.2 Å². The van der Waals surface area contributed by atoms with Crippen LogP contribution in [-0.2, 0) is 12.0 Å². The first-order chi connectivity index (χ1) is 11.4. The quantitative estimate of drug-likeness (QED) is 0.530. The fourth-order valence-electron chi connectivity index (χ4n) is 3.00. The third-order valence-electron chi connectivity index (χ3n) is 3.78. The van der Waals surface area contributed by atoms with E-state index < -0.39 is 41.2 Å². The molecular weight excluding hydrogens is 337 g/mol. The van der Waals surface area contributed by atoms with Gasteiger partial charge >= 0.3 is 6.36 Å². The molecule has 0 saturated heterocycles. The zero-order valence-corrected chi connectivity index (χ0v) is 14.8. The number of hydrogen-bond acceptors (Lipinski definition) is 4. The Kier molecular flexibility index (Phi) is 6.18. The zero-order chi connectivity index (χ0) is 19.6. The average Bonchev–Trinajstić information content (AvgIpc) is 2.43. The first-order valence-corrected chi connectivity index (χ1v) is 7.62. The molecule has 0 spiro atoms. The topological polar surface area (TPSA) is 69.9 Å². The highest BCUT2D eigenvalue weighted by atomic mass is 19.4. The van der Waals surface area contributed by atoms with E-state index in [1.54, 1.807) is 26.0 Å². The molecule has 1 aromatic carbocycles. The first-order valence-electron chi connectivity index (χ1n) is 7.62. The summed E-state index contributed by atoms with van der Waals surface area (Å²) in [5.74, 6) is -2.29. The van der Waals surface area contributed by atoms with Gasteiger partial charge in [-0.25, -0.2) is 0 Å². The molecule has 0 aromatic heterocycles. The summed E-state index contributed by atoms with van der Waals surface area (Å²) in [5, 5.41) is 30.0. The van der Waals surface area contributed by atoms with Gasteiger partial charge in [0, 0.05) is 11.0 Å². The second-order valence-corrected chi connectivity index (χ2v) is 6.32. The number of aliphatic hydroxyl groups excluding tert-OH is 1. The van der Waals surface area contributed by atoms with Crippen LogP contribution in [0.25, 0.3) is 0 Å². The minimum absolute atomic E-state index is 0.0882. The summed E-state index contributed by atoms with van der Waals surface area (Å²) in [5.41, 5.74) is -0.334. The Morgan fingerprint density at radius 2 is 1.72 bits per heavy atom. The van der Waals surface area contributed by atoms with Crippen LogP contribution in [0.4, 0.5) is 13.2 Å². The average molecular weight is 360 g/mol. The summed E-state index contributed by atoms with van der Waals surface area (Å²) in [4.78, 5) is 0. The molecule has 0 aliphatic heterocycles. The Balaban J connectivity index is 3.75. The molecule has 140 valence electrons. The van der Waals surface area contributed by atoms with Gasteiger partial charge in [0.1, 0.15) is 5.75 Å². The third-order valence-corrected chi connectivity index (χ3v) is 3.78. The first kappa shape index (κ1) is 20.9. The highest BCUT2D eigenvalue weighted by molar-refractivity contribution is 5.64. The number of benzene rings is 1. The largest absolute Gasteiger partial charge is 0.573 e. The van der Waals surface area contributed by atoms with Crippen molar-refractivity contribution >= 4 is 0 Å². The minimum Gasteiger partial charge on any atom is -0.507 e. The van der Waals surface area contributed by atoms with E-state index in [0.717, 1.165) is 5.57 Å². The van der Waals surface area contributed by atoms with E-state index >= 15 is 0 Å². The molecule has 0 saturated carbocycles. The van der Waals surface area contributed by atoms with Gasteiger partial charge in [0.2, 0.25) is 0 Å². The summed E-state index contributed by atoms with van der Waals surface area (Å²) in [7, 11) is 0. The van der Waals surface area contributed by atoms with Crippen LogP contribution >= 0.6 is 0 Å². The third kappa shape index (κ3) is 4.69. The van der Waals surface area contributed by atoms with Crippen molar-refractivity contribution in [3.05, 3.63) is 40.5 Å². The van der Waals surface area contributed by atoms with Gasteiger partial charge in [0.05, 0.1) is 12.2 Å². The lowest BCUT2D eigenvalue weighted by molar-refractivity contribution is -0.275. The maximum atomic E-state index is 12.7. The Morgan fingerprint density at radius 1 is 1.16 bits per heavy atom. The van der Waals surface area contributed by atoms with Crippen molar-refractivity contribution in [2.24, 2.45) is 0 Å². The van der Waals surface area contributed by atoms with E-state index in [-0.39, 0.29) is 11.1 Å². The summed E-state index contributed by atoms with van der Waals surface area (Å²) in [6.45, 7) is 7.56. The predicted molar refractivity (Wildman–Crippen MR) is 88.7 cm³/mol. The van der Waals surface area contributed by atoms with E-state index in [2.05, 4.69) is 4.74 Å². The lowest BCUT2D eigenvalue weighted by Crippen LogP contribution is -2.21. The molecule has 25 heavy (non-hydrogen) atoms. The van der Waals surface area contributed by atoms with Crippen LogP contribution in [-0.4, -0.2) is 21.7 Å². The number of rotatable bonds is 5. The zero-order valence-electron chi connectivity index (χ0n) is 14.8. The number of phenolic OH excluding ortho intramolecular Hbond substituents is 1. The summed E-state index contributed by atoms with van der Waals surface area (Å²) >= 11 is 0. The molecule has 3 N–H and O–H groups in total. The van der Waals surface area contributed by atoms with Gasteiger partial charge in [0.15, 0.2) is 11.5 Å². The number of phenols is 2. The maximum absolute atomic E-state index is 12.7. The van der Waals surface area contributed by atoms with Crippen LogP contribution in [0, 0.1) is 6.92 Å². The monoisotopic (exact) mass is 360 g/mol. The van der Waals surface area contributed by atoms with Crippen molar-refractivity contribution in [3.63, 3.8) is 0 Å². The second kappa shape index (κ2) is 7.39. The molecule has 0 atom stereocenters. The van der Waals surface area contributed by atoms with Gasteiger partial charge in [0.25, 0.3) is 0 Å². The molecule has 0 aliphatic rings. The number of allylic oxidation sites excluding steroid dienone is 4. The van der Waals surface area contributed by atoms with Crippen LogP contribution in [0.1, 0.15) is 44.4 Å². The van der Waals surface area contributed by atoms with E-state index in [1.165, 1.54) is 6.92 Å². The number of aliphatic hydroxyl groups is 1. The molecule has 0 fully saturated rings. The lowest BCUT2D eigenvalue weighted by Gasteiger charge is -2.28. The van der Waals surface area contributed by atoms with E-state index in [9.17, 15) is 28.5 Å². The summed E-state index contributed by atoms with van der Waals surface area (Å²) in [6, 6.07) is 0. The fourth-order valence-corrected chi connectivity index (χ4v) is 3.00. The van der Waals surface area contributed by atoms with Crippen molar-refractivity contribution in [1.82, 2.24) is 0 Å². The Labute approximate surface area is 144 Å². The molecule has 7 heteroatoms. The standard InChI is InChI=1S/C18H23F3O4/c1-6-7-10(2)8-17(4,5)13-11(3)14(23)12(9-22)16(15(13)24)25-18(19,20)21/h6-8,22-24H,9H2,1-5H3/b7-6-,10-8+. The Morgan fingerprint density at radius 3 is 2.16 bits per heavy atom. The maximum Gasteiger partial charge on any atom is 0.573 e. The number of alkyl halides is 3. The highest BCUT2D eigenvalue weighted by Crippen LogP contribution is 2.49. The highest BCUT2D eigenvalue weighted by Gasteiger charge is 2.37. The van der Waals surface area contributed by atoms with Gasteiger partial charge in [-0.1, -0.05) is 37.6 Å². The Hall–Kier alpha value is -2.15. The Bertz CT molecular complexity index is 701. The van der Waals surface area contributed by atoms with Crippen molar-refractivity contribution < 1.29 is 33.2 Å². The normalized spacial score (nSPS) is 13.6. The van der Waals surface area contributed by atoms with Crippen LogP contribution < -0.4 is 4.74 Å². The molecule has 4 nitrogen and oxygen atoms in total. The van der Waals surface area contributed by atoms with Crippen molar-refractivity contribution in [1.29, 1.82) is 0 Å². The molecule has 0 heterocycles. The number of aromatic hydroxyl groups is 2. The molecule has 1 rings (SSSR count). The molecule has 0 aliphatic carbocycles. The van der Waals surface area contributed by atoms with E-state index in [4.69, 9.17) is 0 Å². The lowest BCUT2D eigenvalue weighted by atomic mass is 9.78. The van der Waals surface area contributed by atoms with Gasteiger partial charge < -0.3 is 20.1 Å². The van der Waals surface area contributed by atoms with Crippen molar-refractivity contribution in [2.45, 2.75) is 53.0 Å². The van der Waals surface area contributed by atoms with Crippen LogP contribution in [0.3, 0.4) is 0 Å². The fraction of sp³-hybridized carbons (Fsp3) is 0.444. The van der Waals surface area contributed by atoms with Crippen LogP contribution in [0.2, 0.25) is 0 Å². The van der Waals surface area contributed by atoms with E-state index in [1.807, 2.05) is 19.9 Å². The SMILES string of the molecule is C/C=C\C(C)=C\C(C)(C)c1c(C)c(O)c(CO)c(OC(F)(F)F)c1O. The van der Waals surface area contributed by atoms with Gasteiger partial charge in [-0.3, -0.25) is 0 Å². The molecule has 0 radical (unpaired) electrons. The van der Waals surface area contributed by atoms with Crippen molar-refractivity contribution in [3.8, 4) is 17.2 Å². The van der Waals surface area contributed by atoms with Crippen molar-refractivity contribution in [2.75, 3.05) is 0 Å². The van der Waals surface area contributed by atoms with Crippen LogP contribution in [0.5, 0.6) is 17.2 Å². The molecule has 1 aromatic rings. The van der Waals surface area contributed by atoms with Crippen LogP contribution in [0.15, 0.2) is 23.8 Å². The van der Waals surface area contributed by atoms with Gasteiger partial charge in [-0.05, 0) is 26.3 Å². The number of ether oxygens (including phenoxy) is 1. The summed E-state index contributed by atoms with van der Waals surface area (Å²) < 4.78 is 41.9. The summed E-state index contributed by atoms with van der Waals surface area (Å²) in [6.07, 6.45) is 0.286. The van der Waals surface area contributed by atoms with Gasteiger partial charge in [-0.2, -0.15) is 0 Å². The molecular formula is C18H23F3O4. The number of halogens is 3. The van der Waals surface area contributed by atoms with E-state index in [0.29, 0.717) is 0 Å². The molecule has 0 bridgehead atoms. The molecule has 0 unspecified atom stereocenters.